The van der Waals surface area contributed by atoms with E-state index in [1.54, 1.807) is 30.6 Å². The number of aliphatic hydroxyl groups is 1. The number of benzene rings is 1. The Balaban J connectivity index is 1.70. The van der Waals surface area contributed by atoms with Crippen LogP contribution >= 0.6 is 0 Å². The van der Waals surface area contributed by atoms with Gasteiger partial charge in [0.05, 0.1) is 24.7 Å². The quantitative estimate of drug-likeness (QED) is 0.581. The number of methoxy groups -OCH3 is 1. The SMILES string of the molecule is COc1cc(N2CCC(F)(F)CC2)c(NC(=O)c2cnn3cccnc23)cc1CCCO. The van der Waals surface area contributed by atoms with Gasteiger partial charge in [0.2, 0.25) is 0 Å². The van der Waals surface area contributed by atoms with Crippen molar-refractivity contribution in [1.29, 1.82) is 0 Å². The highest BCUT2D eigenvalue weighted by Crippen LogP contribution is 2.38. The molecule has 4 rings (SSSR count). The molecule has 1 fully saturated rings. The fourth-order valence-corrected chi connectivity index (χ4v) is 3.88. The van der Waals surface area contributed by atoms with E-state index >= 15 is 0 Å². The van der Waals surface area contributed by atoms with Crippen LogP contribution in [0, 0.1) is 0 Å². The number of carbonyl (C=O) groups excluding carboxylic acids is 1. The van der Waals surface area contributed by atoms with Crippen LogP contribution in [0.5, 0.6) is 5.75 Å². The van der Waals surface area contributed by atoms with Gasteiger partial charge in [-0.2, -0.15) is 5.10 Å². The lowest BCUT2D eigenvalue weighted by atomic mass is 10.0. The number of amides is 1. The molecule has 3 heterocycles. The number of piperidine rings is 1. The van der Waals surface area contributed by atoms with Crippen LogP contribution in [0.1, 0.15) is 35.2 Å². The summed E-state index contributed by atoms with van der Waals surface area (Å²) in [6, 6.07) is 5.26. The van der Waals surface area contributed by atoms with E-state index in [0.717, 1.165) is 5.56 Å². The number of anilines is 2. The summed E-state index contributed by atoms with van der Waals surface area (Å²) in [6.07, 6.45) is 5.26. The van der Waals surface area contributed by atoms with Crippen molar-refractivity contribution in [2.75, 3.05) is 37.0 Å². The summed E-state index contributed by atoms with van der Waals surface area (Å²) in [5, 5.41) is 16.3. The molecule has 0 saturated carbocycles. The first-order chi connectivity index (χ1) is 15.4. The first-order valence-corrected chi connectivity index (χ1v) is 10.5. The van der Waals surface area contributed by atoms with E-state index in [4.69, 9.17) is 4.74 Å². The molecule has 32 heavy (non-hydrogen) atoms. The lowest BCUT2D eigenvalue weighted by Gasteiger charge is -2.35. The molecule has 1 saturated heterocycles. The number of hydrogen-bond donors (Lipinski definition) is 2. The molecule has 10 heteroatoms. The maximum atomic E-state index is 13.7. The van der Waals surface area contributed by atoms with Crippen LogP contribution in [0.25, 0.3) is 5.65 Å². The summed E-state index contributed by atoms with van der Waals surface area (Å²) in [7, 11) is 1.54. The number of aromatic nitrogens is 3. The van der Waals surface area contributed by atoms with Gasteiger partial charge in [0.25, 0.3) is 11.8 Å². The minimum atomic E-state index is -2.69. The van der Waals surface area contributed by atoms with E-state index < -0.39 is 11.8 Å². The Morgan fingerprint density at radius 1 is 1.31 bits per heavy atom. The second-order valence-electron chi connectivity index (χ2n) is 7.75. The van der Waals surface area contributed by atoms with Gasteiger partial charge in [0.1, 0.15) is 11.3 Å². The average molecular weight is 445 g/mol. The minimum absolute atomic E-state index is 0.0157. The van der Waals surface area contributed by atoms with Gasteiger partial charge in [0.15, 0.2) is 5.65 Å². The molecule has 0 spiro atoms. The monoisotopic (exact) mass is 445 g/mol. The van der Waals surface area contributed by atoms with Gasteiger partial charge in [-0.1, -0.05) is 0 Å². The molecule has 2 aromatic heterocycles. The number of halogens is 2. The molecule has 2 N–H and O–H groups in total. The van der Waals surface area contributed by atoms with E-state index in [1.807, 2.05) is 4.90 Å². The molecule has 1 aliphatic heterocycles. The standard InChI is InChI=1S/C22H25F2N5O3/c1-32-19-13-18(28-9-5-22(23,24)6-10-28)17(12-15(19)4-2-11-30)27-21(31)16-14-26-29-8-3-7-25-20(16)29/h3,7-8,12-14,30H,2,4-6,9-11H2,1H3,(H,27,31). The third-order valence-electron chi connectivity index (χ3n) is 5.61. The highest BCUT2D eigenvalue weighted by atomic mass is 19.3. The smallest absolute Gasteiger partial charge is 0.261 e. The molecule has 1 aliphatic rings. The van der Waals surface area contributed by atoms with E-state index in [9.17, 15) is 18.7 Å². The summed E-state index contributed by atoms with van der Waals surface area (Å²) in [6.45, 7) is 0.336. The van der Waals surface area contributed by atoms with Crippen molar-refractivity contribution in [1.82, 2.24) is 14.6 Å². The van der Waals surface area contributed by atoms with Crippen LogP contribution in [0.15, 0.2) is 36.8 Å². The molecule has 1 amide bonds. The summed E-state index contributed by atoms with van der Waals surface area (Å²) in [4.78, 5) is 19.1. The van der Waals surface area contributed by atoms with Gasteiger partial charge in [0, 0.05) is 51.0 Å². The summed E-state index contributed by atoms with van der Waals surface area (Å²) >= 11 is 0. The molecule has 0 bridgehead atoms. The number of rotatable bonds is 7. The second-order valence-corrected chi connectivity index (χ2v) is 7.75. The van der Waals surface area contributed by atoms with Crippen molar-refractivity contribution in [3.63, 3.8) is 0 Å². The molecule has 3 aromatic rings. The van der Waals surface area contributed by atoms with Crippen molar-refractivity contribution >= 4 is 22.9 Å². The number of nitrogens with zero attached hydrogens (tertiary/aromatic N) is 4. The lowest BCUT2D eigenvalue weighted by molar-refractivity contribution is -0.0220. The Hall–Kier alpha value is -3.27. The normalized spacial score (nSPS) is 15.7. The first-order valence-electron chi connectivity index (χ1n) is 10.5. The molecule has 8 nitrogen and oxygen atoms in total. The topological polar surface area (TPSA) is 92.0 Å². The third-order valence-corrected chi connectivity index (χ3v) is 5.61. The zero-order valence-corrected chi connectivity index (χ0v) is 17.7. The Morgan fingerprint density at radius 2 is 2.09 bits per heavy atom. The van der Waals surface area contributed by atoms with E-state index in [-0.39, 0.29) is 32.5 Å². The summed E-state index contributed by atoms with van der Waals surface area (Å²) in [5.74, 6) is -2.50. The van der Waals surface area contributed by atoms with E-state index in [0.29, 0.717) is 41.2 Å². The van der Waals surface area contributed by atoms with Gasteiger partial charge in [-0.15, -0.1) is 0 Å². The molecule has 0 radical (unpaired) electrons. The number of aliphatic hydroxyl groups excluding tert-OH is 1. The van der Waals surface area contributed by atoms with Crippen molar-refractivity contribution in [3.05, 3.63) is 47.9 Å². The highest BCUT2D eigenvalue weighted by Gasteiger charge is 2.35. The van der Waals surface area contributed by atoms with Gasteiger partial charge in [-0.3, -0.25) is 4.79 Å². The number of aryl methyl sites for hydroxylation is 1. The molecule has 0 atom stereocenters. The van der Waals surface area contributed by atoms with Crippen molar-refractivity contribution in [3.8, 4) is 5.75 Å². The Labute approximate surface area is 183 Å². The predicted molar refractivity (Wildman–Crippen MR) is 116 cm³/mol. The zero-order chi connectivity index (χ0) is 22.7. The van der Waals surface area contributed by atoms with Crippen molar-refractivity contribution in [2.45, 2.75) is 31.6 Å². The molecular weight excluding hydrogens is 420 g/mol. The van der Waals surface area contributed by atoms with Crippen LogP contribution in [0.4, 0.5) is 20.2 Å². The van der Waals surface area contributed by atoms with Crippen LogP contribution in [-0.4, -0.2) is 58.3 Å². The lowest BCUT2D eigenvalue weighted by Crippen LogP contribution is -2.39. The summed E-state index contributed by atoms with van der Waals surface area (Å²) in [5.41, 5.74) is 2.63. The molecule has 0 unspecified atom stereocenters. The number of nitrogens with one attached hydrogen (secondary N) is 1. The predicted octanol–water partition coefficient (Wildman–Crippen LogP) is 3.15. The van der Waals surface area contributed by atoms with Gasteiger partial charge in [-0.05, 0) is 30.5 Å². The second kappa shape index (κ2) is 9.07. The number of alkyl halides is 2. The Morgan fingerprint density at radius 3 is 2.81 bits per heavy atom. The largest absolute Gasteiger partial charge is 0.496 e. The van der Waals surface area contributed by atoms with Crippen molar-refractivity contribution < 1.29 is 23.4 Å². The molecule has 0 aliphatic carbocycles. The number of fused-ring (bicyclic) bond motifs is 1. The summed E-state index contributed by atoms with van der Waals surface area (Å²) < 4.78 is 34.5. The van der Waals surface area contributed by atoms with Crippen molar-refractivity contribution in [2.24, 2.45) is 0 Å². The molecular formula is C22H25F2N5O3. The number of carbonyl (C=O) groups is 1. The zero-order valence-electron chi connectivity index (χ0n) is 17.7. The van der Waals surface area contributed by atoms with Gasteiger partial charge in [-0.25, -0.2) is 18.3 Å². The van der Waals surface area contributed by atoms with Gasteiger partial charge >= 0.3 is 0 Å². The van der Waals surface area contributed by atoms with Crippen LogP contribution in [0.3, 0.4) is 0 Å². The van der Waals surface area contributed by atoms with Crippen LogP contribution in [-0.2, 0) is 6.42 Å². The molecule has 170 valence electrons. The van der Waals surface area contributed by atoms with Gasteiger partial charge < -0.3 is 20.1 Å². The molecule has 1 aromatic carbocycles. The minimum Gasteiger partial charge on any atom is -0.496 e. The highest BCUT2D eigenvalue weighted by molar-refractivity contribution is 6.09. The third kappa shape index (κ3) is 4.50. The fourth-order valence-electron chi connectivity index (χ4n) is 3.88. The number of hydrogen-bond acceptors (Lipinski definition) is 6. The maximum Gasteiger partial charge on any atom is 0.261 e. The van der Waals surface area contributed by atoms with Crippen LogP contribution in [0.2, 0.25) is 0 Å². The number of ether oxygens (including phenoxy) is 1. The first kappa shape index (κ1) is 21.9. The Kier molecular flexibility index (Phi) is 6.22. The maximum absolute atomic E-state index is 13.7. The van der Waals surface area contributed by atoms with Crippen LogP contribution < -0.4 is 15.0 Å². The Bertz CT molecular complexity index is 1110. The average Bonchev–Trinajstić information content (AvgIpc) is 3.22. The van der Waals surface area contributed by atoms with E-state index in [2.05, 4.69) is 15.4 Å². The fraction of sp³-hybridized carbons (Fsp3) is 0.409. The van der Waals surface area contributed by atoms with E-state index in [1.165, 1.54) is 17.8 Å².